The number of carbonyl (C=O) groups excluding carboxylic acids is 1. The molecule has 0 bridgehead atoms. The number of aromatic hydroxyl groups is 1. The number of pyridine rings is 1. The van der Waals surface area contributed by atoms with Gasteiger partial charge >= 0.3 is 6.09 Å². The molecular formula is C25H29FN2O4. The first-order valence-electron chi connectivity index (χ1n) is 10.6. The minimum atomic E-state index is -0.678. The number of aromatic nitrogens is 1. The van der Waals surface area contributed by atoms with Gasteiger partial charge in [0.15, 0.2) is 0 Å². The van der Waals surface area contributed by atoms with Gasteiger partial charge in [-0.15, -0.1) is 0 Å². The van der Waals surface area contributed by atoms with E-state index in [4.69, 9.17) is 4.74 Å². The van der Waals surface area contributed by atoms with Crippen molar-refractivity contribution in [1.82, 2.24) is 9.88 Å². The van der Waals surface area contributed by atoms with Gasteiger partial charge in [0.1, 0.15) is 17.2 Å². The molecule has 0 aliphatic carbocycles. The fourth-order valence-electron chi connectivity index (χ4n) is 3.66. The summed E-state index contributed by atoms with van der Waals surface area (Å²) >= 11 is 0. The van der Waals surface area contributed by atoms with Crippen molar-refractivity contribution in [3.05, 3.63) is 64.3 Å². The predicted octanol–water partition coefficient (Wildman–Crippen LogP) is 5.19. The first kappa shape index (κ1) is 23.3. The maximum atomic E-state index is 14.1. The van der Waals surface area contributed by atoms with E-state index < -0.39 is 17.5 Å². The summed E-state index contributed by atoms with van der Waals surface area (Å²) in [7, 11) is 0. The number of fused-ring (bicyclic) bond motifs is 1. The molecule has 6 nitrogen and oxygen atoms in total. The number of alkyl carbamates (subject to hydrolysis) is 1. The minimum absolute atomic E-state index is 0.00564. The molecule has 0 atom stereocenters. The number of halogens is 1. The zero-order valence-corrected chi connectivity index (χ0v) is 19.0. The van der Waals surface area contributed by atoms with Gasteiger partial charge in [-0.3, -0.25) is 4.79 Å². The third kappa shape index (κ3) is 5.28. The van der Waals surface area contributed by atoms with Crippen LogP contribution < -0.4 is 10.9 Å². The van der Waals surface area contributed by atoms with Crippen LogP contribution in [-0.2, 0) is 17.8 Å². The Morgan fingerprint density at radius 2 is 1.88 bits per heavy atom. The molecule has 0 spiro atoms. The van der Waals surface area contributed by atoms with Gasteiger partial charge in [0.05, 0.1) is 6.54 Å². The molecule has 1 heterocycles. The smallest absolute Gasteiger partial charge is 0.407 e. The van der Waals surface area contributed by atoms with Crippen LogP contribution in [-0.4, -0.2) is 21.4 Å². The molecule has 2 aromatic carbocycles. The molecule has 0 saturated heterocycles. The molecule has 0 saturated carbocycles. The molecule has 2 N–H and O–H groups in total. The lowest BCUT2D eigenvalue weighted by Crippen LogP contribution is -2.35. The molecule has 0 aliphatic rings. The van der Waals surface area contributed by atoms with E-state index in [1.165, 1.54) is 24.3 Å². The summed E-state index contributed by atoms with van der Waals surface area (Å²) in [5.41, 5.74) is 0.710. The fourth-order valence-corrected chi connectivity index (χ4v) is 3.66. The highest BCUT2D eigenvalue weighted by molar-refractivity contribution is 5.98. The lowest BCUT2D eigenvalue weighted by molar-refractivity contribution is 0.0522. The van der Waals surface area contributed by atoms with E-state index in [1.807, 2.05) is 13.8 Å². The van der Waals surface area contributed by atoms with E-state index in [-0.39, 0.29) is 23.8 Å². The summed E-state index contributed by atoms with van der Waals surface area (Å²) in [6, 6.07) is 10.6. The Morgan fingerprint density at radius 3 is 2.50 bits per heavy atom. The van der Waals surface area contributed by atoms with E-state index in [0.717, 1.165) is 0 Å². The van der Waals surface area contributed by atoms with Crippen molar-refractivity contribution in [1.29, 1.82) is 0 Å². The Morgan fingerprint density at radius 1 is 1.16 bits per heavy atom. The molecule has 0 unspecified atom stereocenters. The van der Waals surface area contributed by atoms with Crippen molar-refractivity contribution in [2.45, 2.75) is 53.3 Å². The number of nitrogens with zero attached hydrogens (tertiary/aromatic N) is 1. The lowest BCUT2D eigenvalue weighted by atomic mass is 9.96. The first-order chi connectivity index (χ1) is 15.0. The number of ether oxygens (including phenoxy) is 1. The number of nitrogens with one attached hydrogen (secondary N) is 1. The largest absolute Gasteiger partial charge is 0.508 e. The van der Waals surface area contributed by atoms with Crippen LogP contribution in [0.25, 0.3) is 21.9 Å². The maximum Gasteiger partial charge on any atom is 0.407 e. The second kappa shape index (κ2) is 9.02. The number of benzene rings is 2. The zero-order valence-electron chi connectivity index (χ0n) is 19.0. The van der Waals surface area contributed by atoms with Crippen LogP contribution in [0.1, 0.15) is 40.3 Å². The third-order valence-electron chi connectivity index (χ3n) is 4.82. The summed E-state index contributed by atoms with van der Waals surface area (Å²) in [5, 5.41) is 13.7. The fraction of sp³-hybridized carbons (Fsp3) is 0.360. The number of amides is 1. The van der Waals surface area contributed by atoms with E-state index in [0.29, 0.717) is 34.1 Å². The SMILES string of the molecule is CC(C)Cn1c(CNC(=O)OC(C)(C)C)c(-c2cccc(F)c2)c2cc(O)ccc2c1=O. The van der Waals surface area contributed by atoms with Crippen molar-refractivity contribution >= 4 is 16.9 Å². The highest BCUT2D eigenvalue weighted by atomic mass is 19.1. The second-order valence-corrected chi connectivity index (χ2v) is 9.23. The van der Waals surface area contributed by atoms with E-state index >= 15 is 0 Å². The molecule has 3 rings (SSSR count). The van der Waals surface area contributed by atoms with Crippen LogP contribution in [0.2, 0.25) is 0 Å². The number of hydrogen-bond donors (Lipinski definition) is 2. The molecule has 7 heteroatoms. The predicted molar refractivity (Wildman–Crippen MR) is 123 cm³/mol. The summed E-state index contributed by atoms with van der Waals surface area (Å²) in [6.07, 6.45) is -0.623. The average molecular weight is 441 g/mol. The van der Waals surface area contributed by atoms with Gasteiger partial charge in [0.2, 0.25) is 0 Å². The Bertz CT molecular complexity index is 1210. The first-order valence-corrected chi connectivity index (χ1v) is 10.6. The summed E-state index contributed by atoms with van der Waals surface area (Å²) in [6.45, 7) is 9.66. The van der Waals surface area contributed by atoms with Crippen LogP contribution in [0, 0.1) is 11.7 Å². The highest BCUT2D eigenvalue weighted by Crippen LogP contribution is 2.33. The second-order valence-electron chi connectivity index (χ2n) is 9.23. The van der Waals surface area contributed by atoms with Gasteiger partial charge in [-0.1, -0.05) is 26.0 Å². The standard InChI is InChI=1S/C25H29FN2O4/c1-15(2)14-28-21(13-27-24(31)32-25(3,4)5)22(16-7-6-8-17(26)11-16)20-12-18(29)9-10-19(20)23(28)30/h6-12,15,29H,13-14H2,1-5H3,(H,27,31). The number of phenolic OH excluding ortho intramolecular Hbond substituents is 1. The topological polar surface area (TPSA) is 80.6 Å². The Balaban J connectivity index is 2.28. The van der Waals surface area contributed by atoms with Gasteiger partial charge in [-0.2, -0.15) is 0 Å². The number of hydrogen-bond acceptors (Lipinski definition) is 4. The molecule has 0 radical (unpaired) electrons. The Kier molecular flexibility index (Phi) is 6.57. The maximum absolute atomic E-state index is 14.1. The molecule has 32 heavy (non-hydrogen) atoms. The van der Waals surface area contributed by atoms with Crippen molar-refractivity contribution < 1.29 is 19.0 Å². The number of phenols is 1. The van der Waals surface area contributed by atoms with Crippen molar-refractivity contribution in [3.8, 4) is 16.9 Å². The van der Waals surface area contributed by atoms with Crippen LogP contribution in [0.4, 0.5) is 9.18 Å². The van der Waals surface area contributed by atoms with Gasteiger partial charge in [0.25, 0.3) is 5.56 Å². The third-order valence-corrected chi connectivity index (χ3v) is 4.82. The monoisotopic (exact) mass is 440 g/mol. The van der Waals surface area contributed by atoms with Crippen LogP contribution >= 0.6 is 0 Å². The highest BCUT2D eigenvalue weighted by Gasteiger charge is 2.22. The van der Waals surface area contributed by atoms with Crippen molar-refractivity contribution in [3.63, 3.8) is 0 Å². The molecule has 1 amide bonds. The van der Waals surface area contributed by atoms with Gasteiger partial charge in [-0.05, 0) is 62.6 Å². The molecule has 3 aromatic rings. The van der Waals surface area contributed by atoms with Gasteiger partial charge in [-0.25, -0.2) is 9.18 Å². The molecule has 0 fully saturated rings. The number of carbonyl (C=O) groups is 1. The Hall–Kier alpha value is -3.35. The van der Waals surface area contributed by atoms with Gasteiger partial charge < -0.3 is 19.7 Å². The van der Waals surface area contributed by atoms with Crippen LogP contribution in [0.3, 0.4) is 0 Å². The van der Waals surface area contributed by atoms with Crippen LogP contribution in [0.5, 0.6) is 5.75 Å². The van der Waals surface area contributed by atoms with Crippen molar-refractivity contribution in [2.75, 3.05) is 0 Å². The summed E-state index contributed by atoms with van der Waals surface area (Å²) < 4.78 is 21.1. The lowest BCUT2D eigenvalue weighted by Gasteiger charge is -2.23. The van der Waals surface area contributed by atoms with Crippen molar-refractivity contribution in [2.24, 2.45) is 5.92 Å². The van der Waals surface area contributed by atoms with Gasteiger partial charge in [0, 0.05) is 28.6 Å². The average Bonchev–Trinajstić information content (AvgIpc) is 2.67. The molecule has 0 aliphatic heterocycles. The summed E-state index contributed by atoms with van der Waals surface area (Å²) in [4.78, 5) is 25.7. The number of rotatable bonds is 5. The van der Waals surface area contributed by atoms with E-state index in [9.17, 15) is 19.1 Å². The zero-order chi connectivity index (χ0) is 23.6. The van der Waals surface area contributed by atoms with Crippen LogP contribution in [0.15, 0.2) is 47.3 Å². The van der Waals surface area contributed by atoms with E-state index in [1.54, 1.807) is 43.5 Å². The molecule has 170 valence electrons. The molecule has 1 aromatic heterocycles. The normalized spacial score (nSPS) is 11.7. The van der Waals surface area contributed by atoms with E-state index in [2.05, 4.69) is 5.32 Å². The minimum Gasteiger partial charge on any atom is -0.508 e. The molecular weight excluding hydrogens is 411 g/mol. The quantitative estimate of drug-likeness (QED) is 0.572. The summed E-state index contributed by atoms with van der Waals surface area (Å²) in [5.74, 6) is -0.298. The Labute approximate surface area is 186 Å².